The molecule has 178 valence electrons. The fourth-order valence-corrected chi connectivity index (χ4v) is 5.93. The monoisotopic (exact) mass is 482 g/mol. The lowest BCUT2D eigenvalue weighted by Gasteiger charge is -2.14. The highest BCUT2D eigenvalue weighted by Gasteiger charge is 2.12. The van der Waals surface area contributed by atoms with Crippen molar-refractivity contribution in [1.29, 1.82) is 0 Å². The van der Waals surface area contributed by atoms with E-state index in [1.807, 2.05) is 12.2 Å². The lowest BCUT2D eigenvalue weighted by atomic mass is 9.89. The van der Waals surface area contributed by atoms with Crippen LogP contribution in [0.4, 0.5) is 0 Å². The van der Waals surface area contributed by atoms with Crippen molar-refractivity contribution in [3.63, 3.8) is 0 Å². The molecule has 0 atom stereocenters. The van der Waals surface area contributed by atoms with Gasteiger partial charge in [0.1, 0.15) is 0 Å². The third-order valence-electron chi connectivity index (χ3n) is 7.77. The fraction of sp³-hybridized carbons (Fsp3) is 0. The summed E-state index contributed by atoms with van der Waals surface area (Å²) in [5.74, 6) is 0. The Labute approximate surface area is 222 Å². The second-order valence-electron chi connectivity index (χ2n) is 9.85. The van der Waals surface area contributed by atoms with Crippen molar-refractivity contribution in [2.75, 3.05) is 0 Å². The standard InChI is InChI=1S/C38H26/c1-3-25-23-37(35-15-9-7-13-33(35)31(25)4-2)29-19-17-27-22-30(20-18-26(27)21-29)38-24-28-11-5-6-12-32(28)34-14-8-10-16-36(34)38/h3-24H,1-2H2. The van der Waals surface area contributed by atoms with Crippen LogP contribution >= 0.6 is 0 Å². The topological polar surface area (TPSA) is 0 Å². The maximum Gasteiger partial charge on any atom is -0.00988 e. The van der Waals surface area contributed by atoms with E-state index in [0.29, 0.717) is 0 Å². The van der Waals surface area contributed by atoms with Crippen molar-refractivity contribution in [3.05, 3.63) is 146 Å². The van der Waals surface area contributed by atoms with Crippen LogP contribution in [-0.2, 0) is 0 Å². The molecule has 0 aliphatic carbocycles. The lowest BCUT2D eigenvalue weighted by Crippen LogP contribution is -1.90. The van der Waals surface area contributed by atoms with Crippen LogP contribution in [0.2, 0.25) is 0 Å². The Morgan fingerprint density at radius 2 is 0.921 bits per heavy atom. The summed E-state index contributed by atoms with van der Waals surface area (Å²) in [7, 11) is 0. The van der Waals surface area contributed by atoms with Crippen molar-refractivity contribution in [2.24, 2.45) is 0 Å². The minimum absolute atomic E-state index is 1.10. The van der Waals surface area contributed by atoms with Gasteiger partial charge in [-0.25, -0.2) is 0 Å². The van der Waals surface area contributed by atoms with Gasteiger partial charge in [-0.15, -0.1) is 0 Å². The number of fused-ring (bicyclic) bond motifs is 5. The summed E-state index contributed by atoms with van der Waals surface area (Å²) < 4.78 is 0. The molecule has 0 nitrogen and oxygen atoms in total. The van der Waals surface area contributed by atoms with Gasteiger partial charge in [-0.05, 0) is 101 Å². The quantitative estimate of drug-likeness (QED) is 0.219. The first-order valence-corrected chi connectivity index (χ1v) is 13.0. The lowest BCUT2D eigenvalue weighted by molar-refractivity contribution is 1.63. The molecule has 7 aromatic rings. The van der Waals surface area contributed by atoms with Crippen molar-refractivity contribution in [3.8, 4) is 22.3 Å². The van der Waals surface area contributed by atoms with Gasteiger partial charge in [-0.2, -0.15) is 0 Å². The molecule has 0 aliphatic rings. The van der Waals surface area contributed by atoms with E-state index in [2.05, 4.69) is 134 Å². The molecule has 0 unspecified atom stereocenters. The highest BCUT2D eigenvalue weighted by atomic mass is 14.2. The number of rotatable bonds is 4. The first-order valence-electron chi connectivity index (χ1n) is 13.0. The molecule has 0 bridgehead atoms. The van der Waals surface area contributed by atoms with Crippen LogP contribution < -0.4 is 0 Å². The summed E-state index contributed by atoms with van der Waals surface area (Å²) in [5, 5.41) is 10.0. The molecule has 7 aromatic carbocycles. The molecule has 0 spiro atoms. The predicted molar refractivity (Wildman–Crippen MR) is 168 cm³/mol. The largest absolute Gasteiger partial charge is 0.0984 e. The summed E-state index contributed by atoms with van der Waals surface area (Å²) >= 11 is 0. The molecular formula is C38H26. The second-order valence-corrected chi connectivity index (χ2v) is 9.85. The van der Waals surface area contributed by atoms with Crippen LogP contribution in [0, 0.1) is 0 Å². The molecule has 38 heavy (non-hydrogen) atoms. The Hall–Kier alpha value is -4.94. The molecule has 0 radical (unpaired) electrons. The molecule has 0 saturated carbocycles. The Balaban J connectivity index is 1.41. The molecule has 0 heterocycles. The molecule has 0 fully saturated rings. The van der Waals surface area contributed by atoms with Crippen molar-refractivity contribution in [2.45, 2.75) is 0 Å². The molecule has 0 saturated heterocycles. The summed E-state index contributed by atoms with van der Waals surface area (Å²) in [6.07, 6.45) is 3.86. The third-order valence-corrected chi connectivity index (χ3v) is 7.77. The molecule has 0 aliphatic heterocycles. The summed E-state index contributed by atoms with van der Waals surface area (Å²) in [6, 6.07) is 44.2. The van der Waals surface area contributed by atoms with E-state index in [-0.39, 0.29) is 0 Å². The van der Waals surface area contributed by atoms with Gasteiger partial charge in [-0.3, -0.25) is 0 Å². The smallest absolute Gasteiger partial charge is 0.00988 e. The van der Waals surface area contributed by atoms with Crippen LogP contribution in [0.3, 0.4) is 0 Å². The van der Waals surface area contributed by atoms with Gasteiger partial charge in [0, 0.05) is 0 Å². The SMILES string of the molecule is C=Cc1cc(-c2ccc3cc(-c4cc5ccccc5c5ccccc45)ccc3c2)c2ccccc2c1C=C. The van der Waals surface area contributed by atoms with Crippen LogP contribution in [-0.4, -0.2) is 0 Å². The Morgan fingerprint density at radius 3 is 1.55 bits per heavy atom. The summed E-state index contributed by atoms with van der Waals surface area (Å²) in [6.45, 7) is 8.12. The highest BCUT2D eigenvalue weighted by molar-refractivity contribution is 6.14. The maximum absolute atomic E-state index is 4.06. The number of benzene rings is 7. The van der Waals surface area contributed by atoms with Gasteiger partial charge in [-0.1, -0.05) is 122 Å². The van der Waals surface area contributed by atoms with E-state index in [1.54, 1.807) is 0 Å². The van der Waals surface area contributed by atoms with E-state index >= 15 is 0 Å². The zero-order chi connectivity index (χ0) is 25.6. The average Bonchev–Trinajstić information content (AvgIpc) is 2.99. The predicted octanol–water partition coefficient (Wildman–Crippen LogP) is 10.9. The molecule has 0 amide bonds. The van der Waals surface area contributed by atoms with Crippen LogP contribution in [0.1, 0.15) is 11.1 Å². The van der Waals surface area contributed by atoms with E-state index in [9.17, 15) is 0 Å². The van der Waals surface area contributed by atoms with E-state index in [4.69, 9.17) is 0 Å². The second kappa shape index (κ2) is 8.87. The first-order chi connectivity index (χ1) is 18.7. The zero-order valence-corrected chi connectivity index (χ0v) is 21.1. The van der Waals surface area contributed by atoms with Crippen molar-refractivity contribution in [1.82, 2.24) is 0 Å². The highest BCUT2D eigenvalue weighted by Crippen LogP contribution is 2.38. The Kier molecular flexibility index (Phi) is 5.20. The van der Waals surface area contributed by atoms with Crippen LogP contribution in [0.25, 0.3) is 77.5 Å². The van der Waals surface area contributed by atoms with Crippen molar-refractivity contribution >= 4 is 55.2 Å². The normalized spacial score (nSPS) is 11.4. The van der Waals surface area contributed by atoms with Gasteiger partial charge in [0.25, 0.3) is 0 Å². The van der Waals surface area contributed by atoms with E-state index < -0.39 is 0 Å². The average molecular weight is 483 g/mol. The minimum Gasteiger partial charge on any atom is -0.0984 e. The van der Waals surface area contributed by atoms with Crippen LogP contribution in [0.15, 0.2) is 134 Å². The maximum atomic E-state index is 4.06. The van der Waals surface area contributed by atoms with E-state index in [0.717, 1.165) is 11.1 Å². The molecular weight excluding hydrogens is 456 g/mol. The minimum atomic E-state index is 1.10. The molecule has 7 rings (SSSR count). The Bertz CT molecular complexity index is 2060. The van der Waals surface area contributed by atoms with Gasteiger partial charge in [0.05, 0.1) is 0 Å². The van der Waals surface area contributed by atoms with Crippen LogP contribution in [0.5, 0.6) is 0 Å². The van der Waals surface area contributed by atoms with Gasteiger partial charge >= 0.3 is 0 Å². The molecule has 0 heteroatoms. The van der Waals surface area contributed by atoms with Gasteiger partial charge in [0.15, 0.2) is 0 Å². The first kappa shape index (κ1) is 22.3. The number of hydrogen-bond donors (Lipinski definition) is 0. The van der Waals surface area contributed by atoms with Gasteiger partial charge in [0.2, 0.25) is 0 Å². The van der Waals surface area contributed by atoms with E-state index in [1.165, 1.54) is 65.3 Å². The summed E-state index contributed by atoms with van der Waals surface area (Å²) in [4.78, 5) is 0. The summed E-state index contributed by atoms with van der Waals surface area (Å²) in [5.41, 5.74) is 7.16. The zero-order valence-electron chi connectivity index (χ0n) is 21.1. The molecule has 0 aromatic heterocycles. The third kappa shape index (κ3) is 3.46. The van der Waals surface area contributed by atoms with Gasteiger partial charge < -0.3 is 0 Å². The fourth-order valence-electron chi connectivity index (χ4n) is 5.93. The number of hydrogen-bond acceptors (Lipinski definition) is 0. The van der Waals surface area contributed by atoms with Crippen molar-refractivity contribution < 1.29 is 0 Å². The Morgan fingerprint density at radius 1 is 0.395 bits per heavy atom. The molecule has 0 N–H and O–H groups in total.